The summed E-state index contributed by atoms with van der Waals surface area (Å²) in [7, 11) is 0. The van der Waals surface area contributed by atoms with Crippen molar-refractivity contribution < 1.29 is 4.79 Å². The summed E-state index contributed by atoms with van der Waals surface area (Å²) in [4.78, 5) is 12.3. The number of aromatic nitrogens is 2. The van der Waals surface area contributed by atoms with E-state index in [1.165, 1.54) is 16.3 Å². The Morgan fingerprint density at radius 3 is 2.62 bits per heavy atom. The highest BCUT2D eigenvalue weighted by molar-refractivity contribution is 9.10. The lowest BCUT2D eigenvalue weighted by molar-refractivity contribution is 0.102. The lowest BCUT2D eigenvalue weighted by Gasteiger charge is -2.06. The molecule has 0 atom stereocenters. The van der Waals surface area contributed by atoms with Gasteiger partial charge in [-0.1, -0.05) is 58.4 Å². The summed E-state index contributed by atoms with van der Waals surface area (Å²) >= 11 is 3.37. The molecule has 0 radical (unpaired) electrons. The maximum atomic E-state index is 12.3. The predicted octanol–water partition coefficient (Wildman–Crippen LogP) is 5.10. The average molecular weight is 406 g/mol. The minimum atomic E-state index is -0.151. The summed E-state index contributed by atoms with van der Waals surface area (Å²) in [5.41, 5.74) is 2.48. The molecule has 128 valence electrons. The van der Waals surface area contributed by atoms with E-state index in [4.69, 9.17) is 0 Å². The highest BCUT2D eigenvalue weighted by Gasteiger charge is 2.08. The molecule has 4 nitrogen and oxygen atoms in total. The highest BCUT2D eigenvalue weighted by Crippen LogP contribution is 2.20. The summed E-state index contributed by atoms with van der Waals surface area (Å²) in [6.07, 6.45) is 3.51. The van der Waals surface area contributed by atoms with Gasteiger partial charge >= 0.3 is 0 Å². The Bertz CT molecular complexity index is 1060. The first-order chi connectivity index (χ1) is 12.7. The number of carbonyl (C=O) groups is 1. The van der Waals surface area contributed by atoms with E-state index in [1.54, 1.807) is 18.3 Å². The van der Waals surface area contributed by atoms with Crippen molar-refractivity contribution in [2.45, 2.75) is 6.54 Å². The van der Waals surface area contributed by atoms with Crippen molar-refractivity contribution in [3.8, 4) is 0 Å². The summed E-state index contributed by atoms with van der Waals surface area (Å²) < 4.78 is 2.77. The molecule has 0 aliphatic heterocycles. The van der Waals surface area contributed by atoms with Crippen LogP contribution in [0.3, 0.4) is 0 Å². The molecule has 0 aliphatic carbocycles. The molecule has 1 aromatic heterocycles. The summed E-state index contributed by atoms with van der Waals surface area (Å²) in [6, 6.07) is 21.8. The zero-order valence-electron chi connectivity index (χ0n) is 13.9. The second-order valence-corrected chi connectivity index (χ2v) is 6.94. The number of nitrogens with one attached hydrogen (secondary N) is 1. The van der Waals surface area contributed by atoms with Crippen LogP contribution in [0.5, 0.6) is 0 Å². The van der Waals surface area contributed by atoms with Crippen LogP contribution in [-0.2, 0) is 6.54 Å². The molecule has 4 rings (SSSR count). The van der Waals surface area contributed by atoms with E-state index in [1.807, 2.05) is 35.1 Å². The van der Waals surface area contributed by atoms with E-state index in [0.29, 0.717) is 17.8 Å². The number of anilines is 1. The molecule has 0 unspecified atom stereocenters. The number of halogens is 1. The number of amides is 1. The van der Waals surface area contributed by atoms with Crippen LogP contribution in [0.2, 0.25) is 0 Å². The van der Waals surface area contributed by atoms with Gasteiger partial charge in [-0.05, 0) is 40.6 Å². The lowest BCUT2D eigenvalue weighted by atomic mass is 10.0. The quantitative estimate of drug-likeness (QED) is 0.513. The van der Waals surface area contributed by atoms with Gasteiger partial charge in [-0.3, -0.25) is 9.48 Å². The van der Waals surface area contributed by atoms with Gasteiger partial charge in [0.1, 0.15) is 0 Å². The number of hydrogen-bond donors (Lipinski definition) is 1. The van der Waals surface area contributed by atoms with E-state index >= 15 is 0 Å². The van der Waals surface area contributed by atoms with E-state index in [9.17, 15) is 4.79 Å². The summed E-state index contributed by atoms with van der Waals surface area (Å²) in [5, 5.41) is 9.68. The molecule has 1 heterocycles. The molecule has 0 saturated carbocycles. The fourth-order valence-corrected chi connectivity index (χ4v) is 3.19. The zero-order valence-corrected chi connectivity index (χ0v) is 15.5. The van der Waals surface area contributed by atoms with Gasteiger partial charge in [0.25, 0.3) is 5.91 Å². The number of rotatable bonds is 4. The molecule has 0 saturated heterocycles. The van der Waals surface area contributed by atoms with Crippen LogP contribution < -0.4 is 5.32 Å². The molecule has 3 aromatic carbocycles. The minimum absolute atomic E-state index is 0.151. The number of hydrogen-bond acceptors (Lipinski definition) is 2. The molecule has 0 fully saturated rings. The Labute approximate surface area is 159 Å². The first kappa shape index (κ1) is 16.5. The van der Waals surface area contributed by atoms with Gasteiger partial charge in [0.2, 0.25) is 0 Å². The Hall–Kier alpha value is -2.92. The first-order valence-corrected chi connectivity index (χ1v) is 9.04. The summed E-state index contributed by atoms with van der Waals surface area (Å²) in [5.74, 6) is -0.151. The maximum absolute atomic E-state index is 12.3. The molecule has 1 amide bonds. The van der Waals surface area contributed by atoms with E-state index in [0.717, 1.165) is 4.47 Å². The van der Waals surface area contributed by atoms with Gasteiger partial charge in [-0.15, -0.1) is 0 Å². The number of carbonyl (C=O) groups excluding carboxylic acids is 1. The van der Waals surface area contributed by atoms with Crippen LogP contribution in [0, 0.1) is 0 Å². The van der Waals surface area contributed by atoms with Gasteiger partial charge in [-0.25, -0.2) is 0 Å². The third-order valence-electron chi connectivity index (χ3n) is 4.21. The monoisotopic (exact) mass is 405 g/mol. The van der Waals surface area contributed by atoms with Crippen LogP contribution >= 0.6 is 15.9 Å². The Morgan fingerprint density at radius 2 is 1.77 bits per heavy atom. The molecule has 26 heavy (non-hydrogen) atoms. The average Bonchev–Trinajstić information content (AvgIpc) is 3.09. The molecule has 5 heteroatoms. The second kappa shape index (κ2) is 7.14. The summed E-state index contributed by atoms with van der Waals surface area (Å²) in [6.45, 7) is 0.648. The predicted molar refractivity (Wildman–Crippen MR) is 107 cm³/mol. The molecular weight excluding hydrogens is 390 g/mol. The normalized spacial score (nSPS) is 10.8. The van der Waals surface area contributed by atoms with Gasteiger partial charge < -0.3 is 5.32 Å². The fraction of sp³-hybridized carbons (Fsp3) is 0.0476. The smallest absolute Gasteiger partial charge is 0.255 e. The van der Waals surface area contributed by atoms with Crippen LogP contribution in [0.25, 0.3) is 10.8 Å². The van der Waals surface area contributed by atoms with Gasteiger partial charge in [0.05, 0.1) is 18.4 Å². The Morgan fingerprint density at radius 1 is 1.00 bits per heavy atom. The van der Waals surface area contributed by atoms with E-state index < -0.39 is 0 Å². The maximum Gasteiger partial charge on any atom is 0.255 e. The van der Waals surface area contributed by atoms with E-state index in [-0.39, 0.29) is 5.91 Å². The van der Waals surface area contributed by atoms with Gasteiger partial charge in [-0.2, -0.15) is 5.10 Å². The Balaban J connectivity index is 1.51. The lowest BCUT2D eigenvalue weighted by Crippen LogP contribution is -2.11. The SMILES string of the molecule is O=C(Nc1cnn(Cc2cccc3ccccc23)c1)c1ccc(Br)cc1. The fourth-order valence-electron chi connectivity index (χ4n) is 2.92. The van der Waals surface area contributed by atoms with Crippen molar-refractivity contribution in [2.24, 2.45) is 0 Å². The van der Waals surface area contributed by atoms with Crippen molar-refractivity contribution >= 4 is 38.3 Å². The first-order valence-electron chi connectivity index (χ1n) is 8.25. The van der Waals surface area contributed by atoms with Crippen LogP contribution in [0.4, 0.5) is 5.69 Å². The van der Waals surface area contributed by atoms with E-state index in [2.05, 4.69) is 56.7 Å². The molecule has 0 spiro atoms. The number of nitrogens with zero attached hydrogens (tertiary/aromatic N) is 2. The van der Waals surface area contributed by atoms with Crippen molar-refractivity contribution in [1.29, 1.82) is 0 Å². The number of fused-ring (bicyclic) bond motifs is 1. The second-order valence-electron chi connectivity index (χ2n) is 6.03. The van der Waals surface area contributed by atoms with Crippen molar-refractivity contribution in [3.05, 3.63) is 94.7 Å². The van der Waals surface area contributed by atoms with Crippen molar-refractivity contribution in [2.75, 3.05) is 5.32 Å². The van der Waals surface area contributed by atoms with Crippen LogP contribution in [-0.4, -0.2) is 15.7 Å². The highest BCUT2D eigenvalue weighted by atomic mass is 79.9. The van der Waals surface area contributed by atoms with Crippen molar-refractivity contribution in [3.63, 3.8) is 0 Å². The number of benzene rings is 3. The van der Waals surface area contributed by atoms with Gasteiger partial charge in [0, 0.05) is 16.2 Å². The van der Waals surface area contributed by atoms with Crippen LogP contribution in [0.15, 0.2) is 83.6 Å². The van der Waals surface area contributed by atoms with Gasteiger partial charge in [0.15, 0.2) is 0 Å². The minimum Gasteiger partial charge on any atom is -0.319 e. The molecule has 4 aromatic rings. The zero-order chi connectivity index (χ0) is 17.9. The van der Waals surface area contributed by atoms with Crippen LogP contribution in [0.1, 0.15) is 15.9 Å². The molecule has 1 N–H and O–H groups in total. The molecular formula is C21H16BrN3O. The third kappa shape index (κ3) is 3.53. The van der Waals surface area contributed by atoms with Crippen molar-refractivity contribution in [1.82, 2.24) is 9.78 Å². The molecule has 0 bridgehead atoms. The Kier molecular flexibility index (Phi) is 4.54. The largest absolute Gasteiger partial charge is 0.319 e. The molecule has 0 aliphatic rings. The standard InChI is InChI=1S/C21H16BrN3O/c22-18-10-8-16(9-11-18)21(26)24-19-12-23-25(14-19)13-17-6-3-5-15-4-1-2-7-20(15)17/h1-12,14H,13H2,(H,24,26). The third-order valence-corrected chi connectivity index (χ3v) is 4.74. The topological polar surface area (TPSA) is 46.9 Å².